The Kier molecular flexibility index (Phi) is 3.69. The molecule has 0 aliphatic carbocycles. The fourth-order valence-corrected chi connectivity index (χ4v) is 1.68. The first kappa shape index (κ1) is 11.3. The van der Waals surface area contributed by atoms with Gasteiger partial charge in [0.05, 0.1) is 12.7 Å². The Morgan fingerprint density at radius 3 is 2.94 bits per heavy atom. The van der Waals surface area contributed by atoms with Crippen molar-refractivity contribution < 1.29 is 4.74 Å². The fourth-order valence-electron chi connectivity index (χ4n) is 1.68. The Morgan fingerprint density at radius 1 is 1.50 bits per heavy atom. The second-order valence-electron chi connectivity index (χ2n) is 4.22. The Bertz CT molecular complexity index is 327. The molecule has 0 radical (unpaired) electrons. The molecule has 5 heteroatoms. The smallest absolute Gasteiger partial charge is 0.222 e. The molecule has 0 bridgehead atoms. The number of nitrogens with one attached hydrogen (secondary N) is 1. The van der Waals surface area contributed by atoms with E-state index in [2.05, 4.69) is 27.2 Å². The molecule has 1 aromatic heterocycles. The molecule has 0 aromatic carbocycles. The first-order valence-electron chi connectivity index (χ1n) is 5.57. The van der Waals surface area contributed by atoms with Crippen molar-refractivity contribution in [3.63, 3.8) is 0 Å². The van der Waals surface area contributed by atoms with Gasteiger partial charge in [-0.25, -0.2) is 9.97 Å². The van der Waals surface area contributed by atoms with Crippen LogP contribution in [-0.2, 0) is 4.74 Å². The van der Waals surface area contributed by atoms with E-state index < -0.39 is 0 Å². The van der Waals surface area contributed by atoms with Gasteiger partial charge in [0.25, 0.3) is 0 Å². The van der Waals surface area contributed by atoms with Crippen LogP contribution in [-0.4, -0.2) is 54.3 Å². The average molecular weight is 222 g/mol. The number of hydrogen-bond donors (Lipinski definition) is 1. The molecule has 0 amide bonds. The number of hydrogen-bond acceptors (Lipinski definition) is 5. The van der Waals surface area contributed by atoms with E-state index in [1.165, 1.54) is 0 Å². The van der Waals surface area contributed by atoms with Crippen LogP contribution in [0.2, 0.25) is 0 Å². The predicted molar refractivity (Wildman–Crippen MR) is 62.5 cm³/mol. The van der Waals surface area contributed by atoms with Gasteiger partial charge in [0.15, 0.2) is 0 Å². The molecule has 1 N–H and O–H groups in total. The molecule has 1 atom stereocenters. The van der Waals surface area contributed by atoms with Gasteiger partial charge in [-0.3, -0.25) is 0 Å². The summed E-state index contributed by atoms with van der Waals surface area (Å²) in [5.74, 6) is 0.669. The van der Waals surface area contributed by atoms with Gasteiger partial charge in [0.1, 0.15) is 0 Å². The normalized spacial score (nSPS) is 22.0. The summed E-state index contributed by atoms with van der Waals surface area (Å²) >= 11 is 0. The van der Waals surface area contributed by atoms with Crippen molar-refractivity contribution in [3.8, 4) is 0 Å². The number of aromatic nitrogens is 2. The zero-order valence-corrected chi connectivity index (χ0v) is 9.81. The van der Waals surface area contributed by atoms with E-state index >= 15 is 0 Å². The lowest BCUT2D eigenvalue weighted by atomic mass is 10.3. The van der Waals surface area contributed by atoms with Gasteiger partial charge < -0.3 is 15.0 Å². The maximum absolute atomic E-state index is 5.63. The monoisotopic (exact) mass is 222 g/mol. The van der Waals surface area contributed by atoms with Crippen molar-refractivity contribution in [1.29, 1.82) is 0 Å². The van der Waals surface area contributed by atoms with Crippen LogP contribution in [0.4, 0.5) is 5.95 Å². The first-order chi connectivity index (χ1) is 7.74. The fraction of sp³-hybridized carbons (Fsp3) is 0.636. The number of likely N-dealkylation sites (N-methyl/N-ethyl adjacent to an activating group) is 1. The maximum Gasteiger partial charge on any atom is 0.222 e. The average Bonchev–Trinajstić information content (AvgIpc) is 2.28. The summed E-state index contributed by atoms with van der Waals surface area (Å²) in [7, 11) is 2.11. The standard InChI is InChI=1S/C11H18N4O/c1-9-5-12-11(13-6-9)14-7-10-8-15(2)3-4-16-10/h5-6,10H,3-4,7-8H2,1-2H3,(H,12,13,14). The van der Waals surface area contributed by atoms with Gasteiger partial charge in [-0.15, -0.1) is 0 Å². The number of ether oxygens (including phenoxy) is 1. The first-order valence-corrected chi connectivity index (χ1v) is 5.57. The van der Waals surface area contributed by atoms with Crippen molar-refractivity contribution in [2.45, 2.75) is 13.0 Å². The second kappa shape index (κ2) is 5.23. The lowest BCUT2D eigenvalue weighted by Crippen LogP contribution is -2.43. The Balaban J connectivity index is 1.80. The number of rotatable bonds is 3. The molecule has 0 spiro atoms. The molecule has 1 aliphatic heterocycles. The van der Waals surface area contributed by atoms with Crippen LogP contribution in [0.15, 0.2) is 12.4 Å². The third-order valence-electron chi connectivity index (χ3n) is 2.61. The molecule has 5 nitrogen and oxygen atoms in total. The summed E-state index contributed by atoms with van der Waals surface area (Å²) in [6.07, 6.45) is 3.84. The summed E-state index contributed by atoms with van der Waals surface area (Å²) in [5, 5.41) is 3.19. The third kappa shape index (κ3) is 3.15. The van der Waals surface area contributed by atoms with E-state index in [1.54, 1.807) is 0 Å². The molecule has 1 aliphatic rings. The molecule has 2 rings (SSSR count). The number of nitrogens with zero attached hydrogens (tertiary/aromatic N) is 3. The molecular weight excluding hydrogens is 204 g/mol. The highest BCUT2D eigenvalue weighted by atomic mass is 16.5. The highest BCUT2D eigenvalue weighted by Crippen LogP contribution is 2.04. The lowest BCUT2D eigenvalue weighted by Gasteiger charge is -2.30. The van der Waals surface area contributed by atoms with Gasteiger partial charge in [0, 0.05) is 32.0 Å². The van der Waals surface area contributed by atoms with E-state index in [4.69, 9.17) is 4.74 Å². The highest BCUT2D eigenvalue weighted by Gasteiger charge is 2.17. The minimum atomic E-state index is 0.226. The molecule has 1 aromatic rings. The predicted octanol–water partition coefficient (Wildman–Crippen LogP) is 0.528. The quantitative estimate of drug-likeness (QED) is 0.808. The van der Waals surface area contributed by atoms with Crippen LogP contribution in [0, 0.1) is 6.92 Å². The molecular formula is C11H18N4O. The molecule has 1 fully saturated rings. The van der Waals surface area contributed by atoms with Gasteiger partial charge in [-0.2, -0.15) is 0 Å². The number of aryl methyl sites for hydroxylation is 1. The van der Waals surface area contributed by atoms with Crippen molar-refractivity contribution in [3.05, 3.63) is 18.0 Å². The zero-order valence-electron chi connectivity index (χ0n) is 9.81. The van der Waals surface area contributed by atoms with Crippen LogP contribution in [0.1, 0.15) is 5.56 Å². The summed E-state index contributed by atoms with van der Waals surface area (Å²) in [5.41, 5.74) is 1.07. The molecule has 88 valence electrons. The minimum absolute atomic E-state index is 0.226. The second-order valence-corrected chi connectivity index (χ2v) is 4.22. The van der Waals surface area contributed by atoms with Crippen molar-refractivity contribution in [2.24, 2.45) is 0 Å². The van der Waals surface area contributed by atoms with Gasteiger partial charge in [0.2, 0.25) is 5.95 Å². The third-order valence-corrected chi connectivity index (χ3v) is 2.61. The SMILES string of the molecule is Cc1cnc(NCC2CN(C)CCO2)nc1. The summed E-state index contributed by atoms with van der Waals surface area (Å²) in [6, 6.07) is 0. The highest BCUT2D eigenvalue weighted by molar-refractivity contribution is 5.24. The lowest BCUT2D eigenvalue weighted by molar-refractivity contribution is -0.0117. The van der Waals surface area contributed by atoms with E-state index in [1.807, 2.05) is 19.3 Å². The van der Waals surface area contributed by atoms with E-state index in [-0.39, 0.29) is 6.10 Å². The van der Waals surface area contributed by atoms with Crippen LogP contribution in [0.5, 0.6) is 0 Å². The molecule has 16 heavy (non-hydrogen) atoms. The molecule has 1 unspecified atom stereocenters. The number of anilines is 1. The van der Waals surface area contributed by atoms with E-state index in [0.29, 0.717) is 5.95 Å². The van der Waals surface area contributed by atoms with Crippen molar-refractivity contribution >= 4 is 5.95 Å². The Morgan fingerprint density at radius 2 is 2.25 bits per heavy atom. The molecule has 0 saturated carbocycles. The summed E-state index contributed by atoms with van der Waals surface area (Å²) in [6.45, 7) is 5.50. The van der Waals surface area contributed by atoms with Gasteiger partial charge in [-0.05, 0) is 19.5 Å². The number of morpholine rings is 1. The van der Waals surface area contributed by atoms with E-state index in [0.717, 1.165) is 31.8 Å². The van der Waals surface area contributed by atoms with Crippen LogP contribution >= 0.6 is 0 Å². The summed E-state index contributed by atoms with van der Waals surface area (Å²) < 4.78 is 5.63. The topological polar surface area (TPSA) is 50.3 Å². The van der Waals surface area contributed by atoms with Crippen LogP contribution in [0.3, 0.4) is 0 Å². The van der Waals surface area contributed by atoms with Crippen LogP contribution < -0.4 is 5.32 Å². The molecule has 1 saturated heterocycles. The van der Waals surface area contributed by atoms with Crippen LogP contribution in [0.25, 0.3) is 0 Å². The van der Waals surface area contributed by atoms with Gasteiger partial charge in [-0.1, -0.05) is 0 Å². The molecule has 2 heterocycles. The van der Waals surface area contributed by atoms with Crippen molar-refractivity contribution in [1.82, 2.24) is 14.9 Å². The maximum atomic E-state index is 5.63. The van der Waals surface area contributed by atoms with Gasteiger partial charge >= 0.3 is 0 Å². The Hall–Kier alpha value is -1.20. The summed E-state index contributed by atoms with van der Waals surface area (Å²) in [4.78, 5) is 10.7. The Labute approximate surface area is 95.8 Å². The zero-order chi connectivity index (χ0) is 11.4. The van der Waals surface area contributed by atoms with E-state index in [9.17, 15) is 0 Å². The van der Waals surface area contributed by atoms with Crippen molar-refractivity contribution in [2.75, 3.05) is 38.6 Å². The minimum Gasteiger partial charge on any atom is -0.374 e. The largest absolute Gasteiger partial charge is 0.374 e.